The van der Waals surface area contributed by atoms with Gasteiger partial charge in [-0.3, -0.25) is 0 Å². The van der Waals surface area contributed by atoms with Crippen LogP contribution in [0.3, 0.4) is 0 Å². The van der Waals surface area contributed by atoms with E-state index in [9.17, 15) is 0 Å². The summed E-state index contributed by atoms with van der Waals surface area (Å²) < 4.78 is 0. The summed E-state index contributed by atoms with van der Waals surface area (Å²) >= 11 is 0. The lowest BCUT2D eigenvalue weighted by Crippen LogP contribution is -2.36. The molecule has 0 unspecified atom stereocenters. The van der Waals surface area contributed by atoms with Gasteiger partial charge in [0, 0.05) is 5.54 Å². The predicted octanol–water partition coefficient (Wildman–Crippen LogP) is 3.20. The maximum atomic E-state index is 6.36. The van der Waals surface area contributed by atoms with Gasteiger partial charge in [-0.25, -0.2) is 0 Å². The molecule has 0 aliphatic heterocycles. The number of hydrogen-bond donors (Lipinski definition) is 1. The van der Waals surface area contributed by atoms with E-state index in [0.717, 1.165) is 12.8 Å². The van der Waals surface area contributed by atoms with Crippen molar-refractivity contribution in [3.8, 4) is 0 Å². The first-order valence-electron chi connectivity index (χ1n) is 6.03. The van der Waals surface area contributed by atoms with Crippen LogP contribution in [0.4, 0.5) is 0 Å². The van der Waals surface area contributed by atoms with Crippen molar-refractivity contribution in [2.75, 3.05) is 0 Å². The second-order valence-electron chi connectivity index (χ2n) is 5.00. The quantitative estimate of drug-likeness (QED) is 0.802. The van der Waals surface area contributed by atoms with Crippen LogP contribution in [0.1, 0.15) is 43.2 Å². The summed E-state index contributed by atoms with van der Waals surface area (Å²) in [5, 5.41) is 0. The van der Waals surface area contributed by atoms with Crippen LogP contribution < -0.4 is 5.73 Å². The largest absolute Gasteiger partial charge is 0.325 e. The SMILES string of the molecule is Cc1ccccc1CCC1(N)CCCC1. The van der Waals surface area contributed by atoms with E-state index in [1.807, 2.05) is 0 Å². The Morgan fingerprint density at radius 3 is 2.53 bits per heavy atom. The van der Waals surface area contributed by atoms with Crippen molar-refractivity contribution in [2.45, 2.75) is 51.0 Å². The minimum Gasteiger partial charge on any atom is -0.325 e. The van der Waals surface area contributed by atoms with Gasteiger partial charge in [-0.2, -0.15) is 0 Å². The van der Waals surface area contributed by atoms with E-state index in [1.165, 1.54) is 36.8 Å². The fourth-order valence-electron chi connectivity index (χ4n) is 2.60. The minimum absolute atomic E-state index is 0.141. The molecule has 0 saturated heterocycles. The van der Waals surface area contributed by atoms with E-state index in [4.69, 9.17) is 5.73 Å². The molecule has 0 heterocycles. The van der Waals surface area contributed by atoms with Crippen LogP contribution in [0.5, 0.6) is 0 Å². The molecule has 0 radical (unpaired) electrons. The second-order valence-corrected chi connectivity index (χ2v) is 5.00. The van der Waals surface area contributed by atoms with Crippen molar-refractivity contribution >= 4 is 0 Å². The van der Waals surface area contributed by atoms with Crippen molar-refractivity contribution in [1.29, 1.82) is 0 Å². The molecule has 82 valence electrons. The summed E-state index contributed by atoms with van der Waals surface area (Å²) in [6.45, 7) is 2.19. The van der Waals surface area contributed by atoms with Gasteiger partial charge in [-0.05, 0) is 43.7 Å². The molecule has 2 N–H and O–H groups in total. The zero-order chi connectivity index (χ0) is 10.7. The summed E-state index contributed by atoms with van der Waals surface area (Å²) in [5.74, 6) is 0. The molecule has 0 amide bonds. The Kier molecular flexibility index (Phi) is 3.11. The maximum Gasteiger partial charge on any atom is 0.0157 e. The van der Waals surface area contributed by atoms with E-state index in [0.29, 0.717) is 0 Å². The Bertz CT molecular complexity index is 324. The fraction of sp³-hybridized carbons (Fsp3) is 0.571. The van der Waals surface area contributed by atoms with Crippen LogP contribution in [0.25, 0.3) is 0 Å². The Morgan fingerprint density at radius 1 is 1.20 bits per heavy atom. The highest BCUT2D eigenvalue weighted by Crippen LogP contribution is 2.31. The molecule has 0 bridgehead atoms. The molecule has 0 spiro atoms. The van der Waals surface area contributed by atoms with Crippen molar-refractivity contribution in [2.24, 2.45) is 5.73 Å². The standard InChI is InChI=1S/C14H21N/c1-12-6-2-3-7-13(12)8-11-14(15)9-4-5-10-14/h2-3,6-7H,4-5,8-11,15H2,1H3. The zero-order valence-corrected chi connectivity index (χ0v) is 9.63. The number of hydrogen-bond acceptors (Lipinski definition) is 1. The molecule has 1 aliphatic carbocycles. The van der Waals surface area contributed by atoms with E-state index >= 15 is 0 Å². The van der Waals surface area contributed by atoms with E-state index in [2.05, 4.69) is 31.2 Å². The van der Waals surface area contributed by atoms with Crippen LogP contribution in [-0.2, 0) is 6.42 Å². The summed E-state index contributed by atoms with van der Waals surface area (Å²) in [5.41, 5.74) is 9.37. The van der Waals surface area contributed by atoms with Gasteiger partial charge in [0.2, 0.25) is 0 Å². The molecule has 15 heavy (non-hydrogen) atoms. The van der Waals surface area contributed by atoms with Crippen molar-refractivity contribution < 1.29 is 0 Å². The minimum atomic E-state index is 0.141. The van der Waals surface area contributed by atoms with Crippen LogP contribution in [-0.4, -0.2) is 5.54 Å². The van der Waals surface area contributed by atoms with Crippen LogP contribution in [0.15, 0.2) is 24.3 Å². The lowest BCUT2D eigenvalue weighted by atomic mass is 9.90. The highest BCUT2D eigenvalue weighted by Gasteiger charge is 2.28. The predicted molar refractivity (Wildman–Crippen MR) is 64.9 cm³/mol. The molecule has 1 nitrogen and oxygen atoms in total. The Labute approximate surface area is 92.7 Å². The van der Waals surface area contributed by atoms with Crippen molar-refractivity contribution in [3.05, 3.63) is 35.4 Å². The number of nitrogens with two attached hydrogens (primary N) is 1. The Hall–Kier alpha value is -0.820. The number of benzene rings is 1. The van der Waals surface area contributed by atoms with E-state index < -0.39 is 0 Å². The Morgan fingerprint density at radius 2 is 1.87 bits per heavy atom. The average molecular weight is 203 g/mol. The van der Waals surface area contributed by atoms with Crippen LogP contribution >= 0.6 is 0 Å². The first-order chi connectivity index (χ1) is 7.20. The fourth-order valence-corrected chi connectivity index (χ4v) is 2.60. The first-order valence-corrected chi connectivity index (χ1v) is 6.03. The van der Waals surface area contributed by atoms with Gasteiger partial charge < -0.3 is 5.73 Å². The molecule has 0 aromatic heterocycles. The number of rotatable bonds is 3. The van der Waals surface area contributed by atoms with Crippen LogP contribution in [0.2, 0.25) is 0 Å². The third-order valence-corrected chi connectivity index (χ3v) is 3.75. The summed E-state index contributed by atoms with van der Waals surface area (Å²) in [7, 11) is 0. The van der Waals surface area contributed by atoms with Gasteiger partial charge in [0.15, 0.2) is 0 Å². The van der Waals surface area contributed by atoms with E-state index in [-0.39, 0.29) is 5.54 Å². The third kappa shape index (κ3) is 2.60. The lowest BCUT2D eigenvalue weighted by molar-refractivity contribution is 0.405. The van der Waals surface area contributed by atoms with Crippen molar-refractivity contribution in [3.63, 3.8) is 0 Å². The van der Waals surface area contributed by atoms with Gasteiger partial charge in [-0.15, -0.1) is 0 Å². The molecule has 1 fully saturated rings. The van der Waals surface area contributed by atoms with E-state index in [1.54, 1.807) is 0 Å². The topological polar surface area (TPSA) is 26.0 Å². The number of aryl methyl sites for hydroxylation is 2. The average Bonchev–Trinajstić information content (AvgIpc) is 2.65. The van der Waals surface area contributed by atoms with Gasteiger partial charge in [0.1, 0.15) is 0 Å². The third-order valence-electron chi connectivity index (χ3n) is 3.75. The molecule has 2 rings (SSSR count). The van der Waals surface area contributed by atoms with Gasteiger partial charge in [0.05, 0.1) is 0 Å². The van der Waals surface area contributed by atoms with Gasteiger partial charge >= 0.3 is 0 Å². The lowest BCUT2D eigenvalue weighted by Gasteiger charge is -2.23. The zero-order valence-electron chi connectivity index (χ0n) is 9.63. The monoisotopic (exact) mass is 203 g/mol. The molecule has 1 heteroatoms. The normalized spacial score (nSPS) is 19.3. The van der Waals surface area contributed by atoms with Crippen LogP contribution in [0, 0.1) is 6.92 Å². The van der Waals surface area contributed by atoms with Gasteiger partial charge in [-0.1, -0.05) is 37.1 Å². The molecular formula is C14H21N. The van der Waals surface area contributed by atoms with Crippen molar-refractivity contribution in [1.82, 2.24) is 0 Å². The molecule has 1 aliphatic rings. The second kappa shape index (κ2) is 4.36. The maximum absolute atomic E-state index is 6.36. The molecular weight excluding hydrogens is 182 g/mol. The molecule has 0 atom stereocenters. The summed E-state index contributed by atoms with van der Waals surface area (Å²) in [4.78, 5) is 0. The molecule has 1 aromatic rings. The first kappa shape index (κ1) is 10.7. The highest BCUT2D eigenvalue weighted by molar-refractivity contribution is 5.25. The summed E-state index contributed by atoms with van der Waals surface area (Å²) in [6, 6.07) is 8.65. The highest BCUT2D eigenvalue weighted by atomic mass is 14.7. The summed E-state index contributed by atoms with van der Waals surface area (Å²) in [6.07, 6.45) is 7.38. The Balaban J connectivity index is 1.95. The van der Waals surface area contributed by atoms with Gasteiger partial charge in [0.25, 0.3) is 0 Å². The molecule has 1 aromatic carbocycles. The molecule has 1 saturated carbocycles. The smallest absolute Gasteiger partial charge is 0.0157 e.